The predicted molar refractivity (Wildman–Crippen MR) is 164 cm³/mol. The summed E-state index contributed by atoms with van der Waals surface area (Å²) in [6.07, 6.45) is 4.83. The maximum Gasteiger partial charge on any atom is 0.329 e. The van der Waals surface area contributed by atoms with Crippen LogP contribution in [0.4, 0.5) is 29.3 Å². The quantitative estimate of drug-likeness (QED) is 0.245. The maximum absolute atomic E-state index is 15.3. The van der Waals surface area contributed by atoms with E-state index in [2.05, 4.69) is 42.6 Å². The molecule has 234 valence electrons. The van der Waals surface area contributed by atoms with Gasteiger partial charge in [-0.1, -0.05) is 48.0 Å². The number of amides is 2. The van der Waals surface area contributed by atoms with E-state index in [-0.39, 0.29) is 24.6 Å². The number of alkyl halides is 1. The Balaban J connectivity index is 0.00000116. The van der Waals surface area contributed by atoms with Crippen LogP contribution in [-0.4, -0.2) is 61.4 Å². The second kappa shape index (κ2) is 16.8. The van der Waals surface area contributed by atoms with Crippen LogP contribution in [0.25, 0.3) is 11.0 Å². The summed E-state index contributed by atoms with van der Waals surface area (Å²) < 4.78 is 54.3. The van der Waals surface area contributed by atoms with Gasteiger partial charge in [-0.25, -0.2) is 22.9 Å². The Morgan fingerprint density at radius 1 is 0.976 bits per heavy atom. The van der Waals surface area contributed by atoms with Crippen LogP contribution in [0, 0.1) is 11.6 Å². The number of aromatic amines is 1. The zero-order valence-electron chi connectivity index (χ0n) is 26.2. The van der Waals surface area contributed by atoms with Crippen LogP contribution in [0.2, 0.25) is 0 Å². The van der Waals surface area contributed by atoms with E-state index >= 15 is 8.78 Å². The SMILES string of the molecule is CC.CCC.CCCN(CCC)Cc1cc2c3c(cnc2[nH]1)CN(c1c(F)c(OC)cc(OC)c1F)C(=O)N3CCF. The minimum atomic E-state index is -1.05. The van der Waals surface area contributed by atoms with Crippen molar-refractivity contribution in [2.45, 2.75) is 73.9 Å². The zero-order valence-corrected chi connectivity index (χ0v) is 26.2. The number of nitrogens with zero attached hydrogens (tertiary/aromatic N) is 4. The van der Waals surface area contributed by atoms with Crippen LogP contribution in [0.1, 0.15) is 72.1 Å². The summed E-state index contributed by atoms with van der Waals surface area (Å²) in [5.74, 6) is -2.67. The van der Waals surface area contributed by atoms with Crippen molar-refractivity contribution in [3.05, 3.63) is 41.2 Å². The lowest BCUT2D eigenvalue weighted by atomic mass is 10.1. The molecule has 42 heavy (non-hydrogen) atoms. The molecule has 1 aliphatic heterocycles. The van der Waals surface area contributed by atoms with E-state index in [4.69, 9.17) is 9.47 Å². The molecule has 0 radical (unpaired) electrons. The third kappa shape index (κ3) is 7.48. The van der Waals surface area contributed by atoms with Gasteiger partial charge in [-0.15, -0.1) is 0 Å². The molecule has 0 spiro atoms. The summed E-state index contributed by atoms with van der Waals surface area (Å²) >= 11 is 0. The molecule has 0 bridgehead atoms. The first kappa shape index (κ1) is 34.7. The number of rotatable bonds is 11. The van der Waals surface area contributed by atoms with Crippen molar-refractivity contribution in [2.24, 2.45) is 0 Å². The smallest absolute Gasteiger partial charge is 0.329 e. The first-order valence-electron chi connectivity index (χ1n) is 14.8. The van der Waals surface area contributed by atoms with Gasteiger partial charge in [-0.2, -0.15) is 0 Å². The third-order valence-electron chi connectivity index (χ3n) is 6.42. The van der Waals surface area contributed by atoms with Crippen LogP contribution in [0.5, 0.6) is 11.5 Å². The van der Waals surface area contributed by atoms with Gasteiger partial charge in [0.1, 0.15) is 18.0 Å². The highest BCUT2D eigenvalue weighted by Crippen LogP contribution is 2.42. The number of hydrogen-bond donors (Lipinski definition) is 1. The molecule has 0 saturated carbocycles. The van der Waals surface area contributed by atoms with Gasteiger partial charge in [0.25, 0.3) is 0 Å². The fraction of sp³-hybridized carbons (Fsp3) is 0.548. The lowest BCUT2D eigenvalue weighted by Gasteiger charge is -2.37. The molecule has 0 unspecified atom stereocenters. The monoisotopic (exact) mass is 593 g/mol. The number of halogens is 3. The number of pyridine rings is 1. The molecule has 1 aromatic carbocycles. The molecular formula is C31H46F3N5O3. The number of aromatic nitrogens is 2. The molecule has 0 fully saturated rings. The molecule has 2 amide bonds. The van der Waals surface area contributed by atoms with E-state index in [9.17, 15) is 9.18 Å². The van der Waals surface area contributed by atoms with Crippen molar-refractivity contribution in [1.82, 2.24) is 14.9 Å². The minimum absolute atomic E-state index is 0.164. The topological polar surface area (TPSA) is 73.9 Å². The first-order chi connectivity index (χ1) is 20.3. The zero-order chi connectivity index (χ0) is 31.4. The van der Waals surface area contributed by atoms with E-state index in [0.717, 1.165) is 42.6 Å². The number of ether oxygens (including phenoxy) is 2. The molecular weight excluding hydrogens is 547 g/mol. The second-order valence-electron chi connectivity index (χ2n) is 9.64. The van der Waals surface area contributed by atoms with Crippen LogP contribution >= 0.6 is 0 Å². The van der Waals surface area contributed by atoms with Gasteiger partial charge in [0.2, 0.25) is 0 Å². The van der Waals surface area contributed by atoms with Crippen molar-refractivity contribution in [3.8, 4) is 11.5 Å². The van der Waals surface area contributed by atoms with E-state index in [0.29, 0.717) is 28.8 Å². The van der Waals surface area contributed by atoms with Gasteiger partial charge < -0.3 is 14.5 Å². The van der Waals surface area contributed by atoms with Gasteiger partial charge in [0.15, 0.2) is 23.1 Å². The predicted octanol–water partition coefficient (Wildman–Crippen LogP) is 7.84. The Bertz CT molecular complexity index is 1270. The fourth-order valence-electron chi connectivity index (χ4n) is 4.88. The summed E-state index contributed by atoms with van der Waals surface area (Å²) in [4.78, 5) is 25.9. The van der Waals surface area contributed by atoms with E-state index in [1.165, 1.54) is 25.5 Å². The lowest BCUT2D eigenvalue weighted by Crippen LogP contribution is -2.49. The molecule has 2 aromatic heterocycles. The molecule has 0 aliphatic carbocycles. The Kier molecular flexibility index (Phi) is 13.9. The molecule has 8 nitrogen and oxygen atoms in total. The normalized spacial score (nSPS) is 12.5. The molecule has 1 N–H and O–H groups in total. The summed E-state index contributed by atoms with van der Waals surface area (Å²) in [7, 11) is 2.46. The number of H-pyrrole nitrogens is 1. The number of carbonyl (C=O) groups is 1. The maximum atomic E-state index is 15.3. The largest absolute Gasteiger partial charge is 0.493 e. The van der Waals surface area contributed by atoms with Crippen LogP contribution in [-0.2, 0) is 13.1 Å². The third-order valence-corrected chi connectivity index (χ3v) is 6.42. The van der Waals surface area contributed by atoms with Gasteiger partial charge in [0, 0.05) is 35.5 Å². The number of hydrogen-bond acceptors (Lipinski definition) is 5. The Morgan fingerprint density at radius 3 is 2.05 bits per heavy atom. The van der Waals surface area contributed by atoms with Gasteiger partial charge >= 0.3 is 6.03 Å². The number of benzene rings is 1. The van der Waals surface area contributed by atoms with Crippen LogP contribution in [0.3, 0.4) is 0 Å². The highest BCUT2D eigenvalue weighted by Gasteiger charge is 2.37. The molecule has 3 heterocycles. The van der Waals surface area contributed by atoms with Crippen LogP contribution < -0.4 is 19.3 Å². The Labute approximate surface area is 247 Å². The number of carbonyl (C=O) groups excluding carboxylic acids is 1. The fourth-order valence-corrected chi connectivity index (χ4v) is 4.88. The van der Waals surface area contributed by atoms with Crippen molar-refractivity contribution in [3.63, 3.8) is 0 Å². The number of nitrogens with one attached hydrogen (secondary N) is 1. The highest BCUT2D eigenvalue weighted by atomic mass is 19.1. The number of anilines is 2. The number of methoxy groups -OCH3 is 2. The average Bonchev–Trinajstić information content (AvgIpc) is 3.39. The highest BCUT2D eigenvalue weighted by molar-refractivity contribution is 6.11. The molecule has 3 aromatic rings. The number of urea groups is 1. The van der Waals surface area contributed by atoms with Crippen molar-refractivity contribution < 1.29 is 27.4 Å². The number of fused-ring (bicyclic) bond motifs is 3. The Morgan fingerprint density at radius 2 is 1.55 bits per heavy atom. The summed E-state index contributed by atoms with van der Waals surface area (Å²) in [6, 6.07) is 2.23. The minimum Gasteiger partial charge on any atom is -0.493 e. The van der Waals surface area contributed by atoms with Crippen molar-refractivity contribution in [1.29, 1.82) is 0 Å². The summed E-state index contributed by atoms with van der Waals surface area (Å²) in [6.45, 7) is 13.8. The average molecular weight is 594 g/mol. The lowest BCUT2D eigenvalue weighted by molar-refractivity contribution is 0.248. The summed E-state index contributed by atoms with van der Waals surface area (Å²) in [5, 5.41) is 0.658. The molecule has 4 rings (SSSR count). The van der Waals surface area contributed by atoms with E-state index < -0.39 is 30.0 Å². The second-order valence-corrected chi connectivity index (χ2v) is 9.64. The molecule has 1 aliphatic rings. The van der Waals surface area contributed by atoms with Crippen molar-refractivity contribution >= 4 is 28.4 Å². The molecule has 0 atom stereocenters. The Hall–Kier alpha value is -3.47. The van der Waals surface area contributed by atoms with Crippen molar-refractivity contribution in [2.75, 3.05) is 50.3 Å². The first-order valence-corrected chi connectivity index (χ1v) is 14.8. The van der Waals surface area contributed by atoms with E-state index in [1.54, 1.807) is 6.20 Å². The van der Waals surface area contributed by atoms with Gasteiger partial charge in [-0.3, -0.25) is 14.7 Å². The molecule has 11 heteroatoms. The standard InChI is InChI=1S/C26H32F3N5O3.C3H8.C2H6/c1-5-8-32(9-6-2)15-17-11-18-23-16(13-30-25(18)31-17)14-34(26(35)33(23)10-7-27)24-21(28)19(36-3)12-20(37-4)22(24)29;1-3-2;1-2/h11-13H,5-10,14-15H2,1-4H3,(H,30,31);3H2,1-2H3;1-2H3. The van der Waals surface area contributed by atoms with E-state index in [1.807, 2.05) is 19.9 Å². The van der Waals surface area contributed by atoms with Crippen LogP contribution in [0.15, 0.2) is 18.3 Å². The van der Waals surface area contributed by atoms with Gasteiger partial charge in [-0.05, 0) is 32.0 Å². The molecule has 0 saturated heterocycles. The summed E-state index contributed by atoms with van der Waals surface area (Å²) in [5.41, 5.74) is 1.88. The van der Waals surface area contributed by atoms with Gasteiger partial charge in [0.05, 0.1) is 33.0 Å².